The molecule has 3 nitrogen and oxygen atoms in total. The van der Waals surface area contributed by atoms with E-state index in [-0.39, 0.29) is 0 Å². The van der Waals surface area contributed by atoms with Crippen molar-refractivity contribution in [2.45, 2.75) is 19.2 Å². The van der Waals surface area contributed by atoms with Crippen LogP contribution in [-0.2, 0) is 12.8 Å². The molecule has 1 N–H and O–H groups in total. The number of nitrogens with zero attached hydrogens (tertiary/aromatic N) is 2. The average Bonchev–Trinajstić information content (AvgIpc) is 2.25. The first kappa shape index (κ1) is 13.3. The van der Waals surface area contributed by atoms with Crippen LogP contribution in [0.1, 0.15) is 28.9 Å². The van der Waals surface area contributed by atoms with Gasteiger partial charge in [0.2, 0.25) is 0 Å². The second-order valence-corrected chi connectivity index (χ2v) is 2.99. The molecule has 0 aliphatic carbocycles. The minimum Gasteiger partial charge on any atom is -0.390 e. The standard InChI is InChI=1S/C9H5F5N2O/c10-8(11)7-5(2-15)6(9(12,13)14)1-4(3-17)16-7/h1,8,17H,3H2. The maximum Gasteiger partial charge on any atom is 0.417 e. The van der Waals surface area contributed by atoms with Gasteiger partial charge in [0.15, 0.2) is 0 Å². The summed E-state index contributed by atoms with van der Waals surface area (Å²) >= 11 is 0. The van der Waals surface area contributed by atoms with Crippen LogP contribution in [0, 0.1) is 11.3 Å². The highest BCUT2D eigenvalue weighted by Gasteiger charge is 2.37. The molecule has 1 aromatic rings. The van der Waals surface area contributed by atoms with Crippen molar-refractivity contribution < 1.29 is 27.1 Å². The normalized spacial score (nSPS) is 11.6. The third-order valence-corrected chi connectivity index (χ3v) is 1.89. The molecule has 0 unspecified atom stereocenters. The van der Waals surface area contributed by atoms with Gasteiger partial charge in [-0.2, -0.15) is 18.4 Å². The molecule has 1 aromatic heterocycles. The maximum absolute atomic E-state index is 12.5. The van der Waals surface area contributed by atoms with Gasteiger partial charge >= 0.3 is 6.18 Å². The molecule has 0 bridgehead atoms. The molecule has 1 heterocycles. The Hall–Kier alpha value is -1.75. The van der Waals surface area contributed by atoms with Crippen molar-refractivity contribution in [2.75, 3.05) is 0 Å². The fourth-order valence-corrected chi connectivity index (χ4v) is 1.20. The number of nitriles is 1. The monoisotopic (exact) mass is 252 g/mol. The fourth-order valence-electron chi connectivity index (χ4n) is 1.20. The molecule has 0 amide bonds. The van der Waals surface area contributed by atoms with E-state index in [2.05, 4.69) is 4.98 Å². The zero-order chi connectivity index (χ0) is 13.2. The Labute approximate surface area is 92.1 Å². The number of aliphatic hydroxyl groups excluding tert-OH is 1. The van der Waals surface area contributed by atoms with Crippen LogP contribution in [0.2, 0.25) is 0 Å². The van der Waals surface area contributed by atoms with E-state index in [1.807, 2.05) is 0 Å². The third-order valence-electron chi connectivity index (χ3n) is 1.89. The van der Waals surface area contributed by atoms with Crippen molar-refractivity contribution in [3.05, 3.63) is 28.6 Å². The molecule has 0 saturated carbocycles. The molecule has 8 heteroatoms. The molecule has 0 saturated heterocycles. The van der Waals surface area contributed by atoms with Crippen LogP contribution in [0.4, 0.5) is 22.0 Å². The summed E-state index contributed by atoms with van der Waals surface area (Å²) < 4.78 is 62.3. The van der Waals surface area contributed by atoms with Crippen molar-refractivity contribution in [1.82, 2.24) is 4.98 Å². The van der Waals surface area contributed by atoms with Gasteiger partial charge in [0, 0.05) is 0 Å². The highest BCUT2D eigenvalue weighted by Crippen LogP contribution is 2.35. The summed E-state index contributed by atoms with van der Waals surface area (Å²) in [5, 5.41) is 17.1. The van der Waals surface area contributed by atoms with Crippen LogP contribution in [-0.4, -0.2) is 10.1 Å². The Morgan fingerprint density at radius 3 is 2.35 bits per heavy atom. The summed E-state index contributed by atoms with van der Waals surface area (Å²) in [7, 11) is 0. The number of rotatable bonds is 2. The van der Waals surface area contributed by atoms with E-state index in [0.29, 0.717) is 6.07 Å². The van der Waals surface area contributed by atoms with E-state index < -0.39 is 41.7 Å². The van der Waals surface area contributed by atoms with Gasteiger partial charge in [-0.25, -0.2) is 13.8 Å². The summed E-state index contributed by atoms with van der Waals surface area (Å²) in [6.45, 7) is -0.922. The highest BCUT2D eigenvalue weighted by atomic mass is 19.4. The van der Waals surface area contributed by atoms with E-state index in [0.717, 1.165) is 6.07 Å². The maximum atomic E-state index is 12.5. The molecular formula is C9H5F5N2O. The highest BCUT2D eigenvalue weighted by molar-refractivity contribution is 5.44. The summed E-state index contributed by atoms with van der Waals surface area (Å²) in [6.07, 6.45) is -8.28. The van der Waals surface area contributed by atoms with Crippen LogP contribution in [0.5, 0.6) is 0 Å². The Bertz CT molecular complexity index is 464. The quantitative estimate of drug-likeness (QED) is 0.822. The van der Waals surface area contributed by atoms with E-state index in [1.54, 1.807) is 0 Å². The molecule has 1 rings (SSSR count). The third kappa shape index (κ3) is 2.68. The molecule has 0 fully saturated rings. The van der Waals surface area contributed by atoms with Crippen LogP contribution >= 0.6 is 0 Å². The SMILES string of the molecule is N#Cc1c(C(F)(F)F)cc(CO)nc1C(F)F. The number of aromatic nitrogens is 1. The number of pyridine rings is 1. The van der Waals surface area contributed by atoms with Crippen molar-refractivity contribution in [2.24, 2.45) is 0 Å². The minimum absolute atomic E-state index is 0.379. The topological polar surface area (TPSA) is 56.9 Å². The van der Waals surface area contributed by atoms with Gasteiger partial charge in [0.1, 0.15) is 11.8 Å². The molecule has 0 atom stereocenters. The lowest BCUT2D eigenvalue weighted by atomic mass is 10.1. The van der Waals surface area contributed by atoms with Gasteiger partial charge in [-0.3, -0.25) is 0 Å². The first-order chi connectivity index (χ1) is 7.81. The first-order valence-electron chi connectivity index (χ1n) is 4.21. The summed E-state index contributed by atoms with van der Waals surface area (Å²) in [4.78, 5) is 3.11. The average molecular weight is 252 g/mol. The smallest absolute Gasteiger partial charge is 0.390 e. The van der Waals surface area contributed by atoms with Gasteiger partial charge in [0.25, 0.3) is 6.43 Å². The van der Waals surface area contributed by atoms with Crippen molar-refractivity contribution in [3.8, 4) is 6.07 Å². The van der Waals surface area contributed by atoms with Crippen LogP contribution in [0.15, 0.2) is 6.07 Å². The lowest BCUT2D eigenvalue weighted by Crippen LogP contribution is -2.13. The largest absolute Gasteiger partial charge is 0.417 e. The zero-order valence-corrected chi connectivity index (χ0v) is 8.09. The molecule has 0 aliphatic heterocycles. The first-order valence-corrected chi connectivity index (χ1v) is 4.21. The van der Waals surface area contributed by atoms with Crippen molar-refractivity contribution in [1.29, 1.82) is 5.26 Å². The lowest BCUT2D eigenvalue weighted by Gasteiger charge is -2.12. The van der Waals surface area contributed by atoms with Crippen LogP contribution < -0.4 is 0 Å². The predicted molar refractivity (Wildman–Crippen MR) is 44.8 cm³/mol. The van der Waals surface area contributed by atoms with Gasteiger partial charge in [-0.1, -0.05) is 0 Å². The second kappa shape index (κ2) is 4.63. The Kier molecular flexibility index (Phi) is 3.63. The summed E-state index contributed by atoms with van der Waals surface area (Å²) in [5.41, 5.74) is -4.57. The van der Waals surface area contributed by atoms with Gasteiger partial charge < -0.3 is 5.11 Å². The van der Waals surface area contributed by atoms with E-state index in [9.17, 15) is 22.0 Å². The van der Waals surface area contributed by atoms with Crippen LogP contribution in [0.25, 0.3) is 0 Å². The van der Waals surface area contributed by atoms with Gasteiger partial charge in [0.05, 0.1) is 23.4 Å². The van der Waals surface area contributed by atoms with Gasteiger partial charge in [-0.05, 0) is 6.07 Å². The molecule has 0 aromatic carbocycles. The summed E-state index contributed by atoms with van der Waals surface area (Å²) in [6, 6.07) is 1.44. The lowest BCUT2D eigenvalue weighted by molar-refractivity contribution is -0.138. The second-order valence-electron chi connectivity index (χ2n) is 2.99. The predicted octanol–water partition coefficient (Wildman–Crippen LogP) is 2.40. The fraction of sp³-hybridized carbons (Fsp3) is 0.333. The molecule has 0 aliphatic rings. The zero-order valence-electron chi connectivity index (χ0n) is 8.09. The van der Waals surface area contributed by atoms with Crippen molar-refractivity contribution >= 4 is 0 Å². The number of alkyl halides is 5. The number of halogens is 5. The molecule has 92 valence electrons. The summed E-state index contributed by atoms with van der Waals surface area (Å²) in [5.74, 6) is 0. The molecule has 0 radical (unpaired) electrons. The number of aliphatic hydroxyl groups is 1. The van der Waals surface area contributed by atoms with Crippen molar-refractivity contribution in [3.63, 3.8) is 0 Å². The van der Waals surface area contributed by atoms with E-state index >= 15 is 0 Å². The van der Waals surface area contributed by atoms with E-state index in [4.69, 9.17) is 10.4 Å². The Morgan fingerprint density at radius 2 is 2.00 bits per heavy atom. The Balaban J connectivity index is 3.58. The minimum atomic E-state index is -4.96. The molecular weight excluding hydrogens is 247 g/mol. The Morgan fingerprint density at radius 1 is 1.41 bits per heavy atom. The van der Waals surface area contributed by atoms with Crippen LogP contribution in [0.3, 0.4) is 0 Å². The molecule has 0 spiro atoms. The number of hydrogen-bond donors (Lipinski definition) is 1. The number of hydrogen-bond acceptors (Lipinski definition) is 3. The van der Waals surface area contributed by atoms with E-state index in [1.165, 1.54) is 0 Å². The molecule has 17 heavy (non-hydrogen) atoms. The van der Waals surface area contributed by atoms with Gasteiger partial charge in [-0.15, -0.1) is 0 Å².